The molecule has 0 aromatic rings. The lowest BCUT2D eigenvalue weighted by Gasteiger charge is -2.56. The molecule has 0 heterocycles. The highest BCUT2D eigenvalue weighted by Gasteiger charge is 2.52. The van der Waals surface area contributed by atoms with E-state index in [4.69, 9.17) is 0 Å². The first-order valence-electron chi connectivity index (χ1n) is 9.95. The summed E-state index contributed by atoms with van der Waals surface area (Å²) in [4.78, 5) is 12.0. The monoisotopic (exact) mass is 318 g/mol. The molecule has 4 bridgehead atoms. The Bertz CT molecular complexity index is 419. The van der Waals surface area contributed by atoms with Crippen LogP contribution in [0.4, 0.5) is 0 Å². The Labute approximate surface area is 141 Å². The van der Waals surface area contributed by atoms with Crippen molar-refractivity contribution in [3.05, 3.63) is 0 Å². The fourth-order valence-corrected chi connectivity index (χ4v) is 5.76. The summed E-state index contributed by atoms with van der Waals surface area (Å²) < 4.78 is 0. The molecule has 4 aliphatic carbocycles. The van der Waals surface area contributed by atoms with Crippen LogP contribution in [0.25, 0.3) is 0 Å². The fourth-order valence-electron chi connectivity index (χ4n) is 5.76. The van der Waals surface area contributed by atoms with E-state index in [-0.39, 0.29) is 5.91 Å². The normalized spacial score (nSPS) is 35.6. The SMILES string of the molecule is CCCCCCCC(=O)N/N=C(/C)C12CC3CC(CC(C3)C1)C2. The third-order valence-electron chi connectivity index (χ3n) is 6.66. The van der Waals surface area contributed by atoms with Crippen molar-refractivity contribution in [1.29, 1.82) is 0 Å². The van der Waals surface area contributed by atoms with Crippen molar-refractivity contribution >= 4 is 11.6 Å². The Balaban J connectivity index is 1.47. The summed E-state index contributed by atoms with van der Waals surface area (Å²) in [7, 11) is 0. The topological polar surface area (TPSA) is 41.5 Å². The van der Waals surface area contributed by atoms with Crippen molar-refractivity contribution in [1.82, 2.24) is 5.43 Å². The van der Waals surface area contributed by atoms with Crippen molar-refractivity contribution in [3.8, 4) is 0 Å². The van der Waals surface area contributed by atoms with Crippen molar-refractivity contribution in [2.24, 2.45) is 28.3 Å². The summed E-state index contributed by atoms with van der Waals surface area (Å²) in [6, 6.07) is 0. The van der Waals surface area contributed by atoms with E-state index in [2.05, 4.69) is 24.4 Å². The molecule has 4 fully saturated rings. The van der Waals surface area contributed by atoms with Crippen LogP contribution in [0, 0.1) is 23.2 Å². The lowest BCUT2D eigenvalue weighted by atomic mass is 9.48. The average Bonchev–Trinajstić information content (AvgIpc) is 2.51. The van der Waals surface area contributed by atoms with E-state index in [1.165, 1.54) is 69.9 Å². The van der Waals surface area contributed by atoms with E-state index >= 15 is 0 Å². The Morgan fingerprint density at radius 2 is 1.57 bits per heavy atom. The first kappa shape index (κ1) is 17.0. The van der Waals surface area contributed by atoms with Gasteiger partial charge in [0.05, 0.1) is 0 Å². The van der Waals surface area contributed by atoms with Crippen molar-refractivity contribution in [2.45, 2.75) is 90.9 Å². The van der Waals surface area contributed by atoms with E-state index in [0.29, 0.717) is 11.8 Å². The molecule has 23 heavy (non-hydrogen) atoms. The van der Waals surface area contributed by atoms with Gasteiger partial charge < -0.3 is 0 Å². The van der Waals surface area contributed by atoms with Gasteiger partial charge in [0.1, 0.15) is 0 Å². The molecule has 0 atom stereocenters. The summed E-state index contributed by atoms with van der Waals surface area (Å²) in [6.07, 6.45) is 14.9. The van der Waals surface area contributed by atoms with E-state index in [0.717, 1.165) is 24.2 Å². The Morgan fingerprint density at radius 1 is 1.00 bits per heavy atom. The van der Waals surface area contributed by atoms with Crippen LogP contribution in [0.5, 0.6) is 0 Å². The van der Waals surface area contributed by atoms with Gasteiger partial charge in [-0.25, -0.2) is 5.43 Å². The standard InChI is InChI=1S/C20H34N2O/c1-3-4-5-6-7-8-19(23)22-21-15(2)20-12-16-9-17(13-20)11-18(10-16)14-20/h16-18H,3-14H2,1-2H3,(H,22,23)/b21-15-. The molecule has 3 heteroatoms. The average molecular weight is 319 g/mol. The van der Waals surface area contributed by atoms with Gasteiger partial charge in [0.2, 0.25) is 5.91 Å². The molecular formula is C20H34N2O. The maximum absolute atomic E-state index is 12.0. The van der Waals surface area contributed by atoms with Gasteiger partial charge in [0, 0.05) is 17.5 Å². The van der Waals surface area contributed by atoms with E-state index in [1.807, 2.05) is 0 Å². The minimum atomic E-state index is 0.102. The second-order valence-corrected chi connectivity index (χ2v) is 8.59. The molecule has 0 aliphatic heterocycles. The molecule has 0 spiro atoms. The van der Waals surface area contributed by atoms with Gasteiger partial charge in [-0.3, -0.25) is 4.79 Å². The number of carbonyl (C=O) groups excluding carboxylic acids is 1. The third-order valence-corrected chi connectivity index (χ3v) is 6.66. The Kier molecular flexibility index (Phi) is 5.43. The predicted molar refractivity (Wildman–Crippen MR) is 95.2 cm³/mol. The number of hydrogen-bond donors (Lipinski definition) is 1. The summed E-state index contributed by atoms with van der Waals surface area (Å²) in [5, 5.41) is 4.55. The maximum atomic E-state index is 12.0. The molecule has 0 saturated heterocycles. The van der Waals surface area contributed by atoms with Crippen LogP contribution in [0.2, 0.25) is 0 Å². The van der Waals surface area contributed by atoms with Crippen LogP contribution in [-0.4, -0.2) is 11.6 Å². The van der Waals surface area contributed by atoms with Crippen LogP contribution >= 0.6 is 0 Å². The van der Waals surface area contributed by atoms with E-state index in [9.17, 15) is 4.79 Å². The lowest BCUT2D eigenvalue weighted by Crippen LogP contribution is -2.49. The van der Waals surface area contributed by atoms with Gasteiger partial charge in [-0.2, -0.15) is 5.10 Å². The Hall–Kier alpha value is -0.860. The highest BCUT2D eigenvalue weighted by atomic mass is 16.2. The number of nitrogens with zero attached hydrogens (tertiary/aromatic N) is 1. The molecule has 4 saturated carbocycles. The number of nitrogens with one attached hydrogen (secondary N) is 1. The lowest BCUT2D eigenvalue weighted by molar-refractivity contribution is -0.121. The highest BCUT2D eigenvalue weighted by Crippen LogP contribution is 2.60. The van der Waals surface area contributed by atoms with Crippen LogP contribution in [0.3, 0.4) is 0 Å². The van der Waals surface area contributed by atoms with E-state index in [1.54, 1.807) is 0 Å². The zero-order valence-corrected chi connectivity index (χ0v) is 15.1. The number of unbranched alkanes of at least 4 members (excludes halogenated alkanes) is 4. The van der Waals surface area contributed by atoms with Crippen molar-refractivity contribution in [3.63, 3.8) is 0 Å². The smallest absolute Gasteiger partial charge is 0.240 e. The fraction of sp³-hybridized carbons (Fsp3) is 0.900. The van der Waals surface area contributed by atoms with Crippen molar-refractivity contribution < 1.29 is 4.79 Å². The molecular weight excluding hydrogens is 284 g/mol. The number of amides is 1. The predicted octanol–water partition coefficient (Wildman–Crippen LogP) is 5.06. The highest BCUT2D eigenvalue weighted by molar-refractivity contribution is 5.89. The van der Waals surface area contributed by atoms with Gasteiger partial charge in [-0.05, 0) is 69.6 Å². The van der Waals surface area contributed by atoms with Gasteiger partial charge in [0.15, 0.2) is 0 Å². The molecule has 0 aromatic heterocycles. The quantitative estimate of drug-likeness (QED) is 0.379. The van der Waals surface area contributed by atoms with Crippen LogP contribution in [0.15, 0.2) is 5.10 Å². The maximum Gasteiger partial charge on any atom is 0.240 e. The summed E-state index contributed by atoms with van der Waals surface area (Å²) in [6.45, 7) is 4.38. The first-order valence-corrected chi connectivity index (χ1v) is 9.95. The summed E-state index contributed by atoms with van der Waals surface area (Å²) in [5.41, 5.74) is 4.37. The number of rotatable bonds is 8. The molecule has 4 rings (SSSR count). The first-order chi connectivity index (χ1) is 11.1. The summed E-state index contributed by atoms with van der Waals surface area (Å²) >= 11 is 0. The summed E-state index contributed by atoms with van der Waals surface area (Å²) in [5.74, 6) is 2.90. The second kappa shape index (κ2) is 7.36. The number of hydrazone groups is 1. The van der Waals surface area contributed by atoms with Crippen LogP contribution in [-0.2, 0) is 4.79 Å². The van der Waals surface area contributed by atoms with Gasteiger partial charge >= 0.3 is 0 Å². The second-order valence-electron chi connectivity index (χ2n) is 8.59. The molecule has 0 unspecified atom stereocenters. The molecule has 3 nitrogen and oxygen atoms in total. The molecule has 4 aliphatic rings. The molecule has 0 radical (unpaired) electrons. The van der Waals surface area contributed by atoms with Crippen molar-refractivity contribution in [2.75, 3.05) is 0 Å². The minimum Gasteiger partial charge on any atom is -0.273 e. The Morgan fingerprint density at radius 3 is 2.13 bits per heavy atom. The number of carbonyl (C=O) groups is 1. The van der Waals surface area contributed by atoms with Gasteiger partial charge in [-0.15, -0.1) is 0 Å². The third kappa shape index (κ3) is 3.97. The minimum absolute atomic E-state index is 0.102. The molecule has 1 amide bonds. The molecule has 130 valence electrons. The zero-order chi connectivity index (χ0) is 16.3. The molecule has 0 aromatic carbocycles. The zero-order valence-electron chi connectivity index (χ0n) is 15.1. The van der Waals surface area contributed by atoms with Gasteiger partial charge in [-0.1, -0.05) is 32.6 Å². The van der Waals surface area contributed by atoms with Crippen LogP contribution in [0.1, 0.15) is 90.9 Å². The largest absolute Gasteiger partial charge is 0.273 e. The molecule has 1 N–H and O–H groups in total. The van der Waals surface area contributed by atoms with Gasteiger partial charge in [0.25, 0.3) is 0 Å². The number of hydrogen-bond acceptors (Lipinski definition) is 2. The van der Waals surface area contributed by atoms with E-state index < -0.39 is 0 Å². The van der Waals surface area contributed by atoms with Crippen LogP contribution < -0.4 is 5.43 Å².